The van der Waals surface area contributed by atoms with Crippen molar-refractivity contribution >= 4 is 29.4 Å². The molecule has 0 bridgehead atoms. The zero-order valence-electron chi connectivity index (χ0n) is 18.2. The lowest BCUT2D eigenvalue weighted by atomic mass is 10.1. The molecule has 1 aliphatic heterocycles. The van der Waals surface area contributed by atoms with Crippen molar-refractivity contribution in [2.24, 2.45) is 0 Å². The fourth-order valence-electron chi connectivity index (χ4n) is 3.21. The van der Waals surface area contributed by atoms with Crippen molar-refractivity contribution in [1.29, 1.82) is 0 Å². The average molecular weight is 442 g/mol. The van der Waals surface area contributed by atoms with Crippen molar-refractivity contribution < 1.29 is 23.9 Å². The van der Waals surface area contributed by atoms with Crippen LogP contribution >= 0.6 is 0 Å². The highest BCUT2D eigenvalue weighted by Crippen LogP contribution is 2.33. The van der Waals surface area contributed by atoms with E-state index in [4.69, 9.17) is 9.47 Å². The van der Waals surface area contributed by atoms with E-state index in [-0.39, 0.29) is 18.3 Å². The van der Waals surface area contributed by atoms with E-state index in [1.807, 2.05) is 19.1 Å². The van der Waals surface area contributed by atoms with Gasteiger partial charge in [-0.05, 0) is 74.0 Å². The first-order chi connectivity index (χ1) is 15.9. The number of carbonyl (C=O) groups excluding carboxylic acids is 3. The van der Waals surface area contributed by atoms with Crippen molar-refractivity contribution in [3.8, 4) is 11.5 Å². The summed E-state index contributed by atoms with van der Waals surface area (Å²) < 4.78 is 10.7. The van der Waals surface area contributed by atoms with Crippen molar-refractivity contribution in [2.45, 2.75) is 13.8 Å². The maximum Gasteiger partial charge on any atom is 0.272 e. The number of hydrogen-bond donors (Lipinski definition) is 2. The Kier molecular flexibility index (Phi) is 6.22. The molecular weight excluding hydrogens is 420 g/mol. The number of ether oxygens (including phenoxy) is 2. The molecule has 2 amide bonds. The van der Waals surface area contributed by atoms with Crippen molar-refractivity contribution in [3.63, 3.8) is 0 Å². The van der Waals surface area contributed by atoms with Gasteiger partial charge in [-0.15, -0.1) is 0 Å². The maximum atomic E-state index is 13.1. The van der Waals surface area contributed by atoms with Gasteiger partial charge in [-0.3, -0.25) is 14.4 Å². The summed E-state index contributed by atoms with van der Waals surface area (Å²) in [5.41, 5.74) is 3.18. The third-order valence-electron chi connectivity index (χ3n) is 5.06. The summed E-state index contributed by atoms with van der Waals surface area (Å²) in [5, 5.41) is 5.46. The van der Waals surface area contributed by atoms with E-state index < -0.39 is 11.8 Å². The lowest BCUT2D eigenvalue weighted by molar-refractivity contribution is -0.113. The minimum Gasteiger partial charge on any atom is -0.454 e. The fourth-order valence-corrected chi connectivity index (χ4v) is 3.21. The van der Waals surface area contributed by atoms with Crippen LogP contribution in [0.1, 0.15) is 38.8 Å². The second-order valence-electron chi connectivity index (χ2n) is 7.58. The lowest BCUT2D eigenvalue weighted by Crippen LogP contribution is -2.30. The molecule has 1 aliphatic rings. The summed E-state index contributed by atoms with van der Waals surface area (Å²) in [5.74, 6) is 0.190. The molecule has 4 rings (SSSR count). The highest BCUT2D eigenvalue weighted by Gasteiger charge is 2.17. The van der Waals surface area contributed by atoms with Gasteiger partial charge in [-0.25, -0.2) is 0 Å². The van der Waals surface area contributed by atoms with Crippen LogP contribution in [0.15, 0.2) is 72.4 Å². The van der Waals surface area contributed by atoms with Crippen molar-refractivity contribution in [1.82, 2.24) is 5.32 Å². The smallest absolute Gasteiger partial charge is 0.272 e. The number of benzene rings is 3. The molecule has 166 valence electrons. The maximum absolute atomic E-state index is 13.1. The third-order valence-corrected chi connectivity index (χ3v) is 5.06. The van der Waals surface area contributed by atoms with Gasteiger partial charge in [0.15, 0.2) is 17.3 Å². The molecule has 0 fully saturated rings. The fraction of sp³-hybridized carbons (Fsp3) is 0.115. The lowest BCUT2D eigenvalue weighted by Gasteiger charge is -2.12. The van der Waals surface area contributed by atoms with Gasteiger partial charge in [-0.1, -0.05) is 23.8 Å². The van der Waals surface area contributed by atoms with Gasteiger partial charge in [0.2, 0.25) is 6.79 Å². The van der Waals surface area contributed by atoms with Crippen LogP contribution in [0.3, 0.4) is 0 Å². The number of nitrogens with one attached hydrogen (secondary N) is 2. The van der Waals surface area contributed by atoms with E-state index in [0.717, 1.165) is 5.56 Å². The number of carbonyl (C=O) groups is 3. The zero-order chi connectivity index (χ0) is 23.4. The Hall–Kier alpha value is -4.39. The minimum atomic E-state index is -0.510. The average Bonchev–Trinajstić information content (AvgIpc) is 3.27. The highest BCUT2D eigenvalue weighted by molar-refractivity contribution is 6.10. The predicted molar refractivity (Wildman–Crippen MR) is 124 cm³/mol. The van der Waals surface area contributed by atoms with E-state index in [0.29, 0.717) is 33.9 Å². The zero-order valence-corrected chi connectivity index (χ0v) is 18.2. The van der Waals surface area contributed by atoms with Gasteiger partial charge in [0, 0.05) is 16.8 Å². The van der Waals surface area contributed by atoms with Crippen LogP contribution in [0.2, 0.25) is 0 Å². The first-order valence-corrected chi connectivity index (χ1v) is 10.3. The number of ketones is 1. The normalized spacial score (nSPS) is 12.2. The van der Waals surface area contributed by atoms with Crippen LogP contribution in [0, 0.1) is 6.92 Å². The Labute approximate surface area is 191 Å². The molecule has 7 heteroatoms. The van der Waals surface area contributed by atoms with Crippen molar-refractivity contribution in [2.75, 3.05) is 12.1 Å². The summed E-state index contributed by atoms with van der Waals surface area (Å²) >= 11 is 0. The summed E-state index contributed by atoms with van der Waals surface area (Å²) in [7, 11) is 0. The highest BCUT2D eigenvalue weighted by atomic mass is 16.7. The number of fused-ring (bicyclic) bond motifs is 1. The summed E-state index contributed by atoms with van der Waals surface area (Å²) in [6.07, 6.45) is 1.56. The second kappa shape index (κ2) is 9.40. The van der Waals surface area contributed by atoms with Gasteiger partial charge in [0.1, 0.15) is 5.70 Å². The number of anilines is 1. The molecule has 0 saturated carbocycles. The van der Waals surface area contributed by atoms with E-state index >= 15 is 0 Å². The second-order valence-corrected chi connectivity index (χ2v) is 7.58. The van der Waals surface area contributed by atoms with Crippen LogP contribution < -0.4 is 20.1 Å². The largest absolute Gasteiger partial charge is 0.454 e. The quantitative estimate of drug-likeness (QED) is 0.438. The molecule has 0 unspecified atom stereocenters. The Morgan fingerprint density at radius 3 is 2.21 bits per heavy atom. The molecule has 3 aromatic carbocycles. The number of hydrogen-bond acceptors (Lipinski definition) is 5. The monoisotopic (exact) mass is 442 g/mol. The summed E-state index contributed by atoms with van der Waals surface area (Å²) in [6.45, 7) is 3.54. The summed E-state index contributed by atoms with van der Waals surface area (Å²) in [4.78, 5) is 37.4. The first-order valence-electron chi connectivity index (χ1n) is 10.3. The molecule has 2 N–H and O–H groups in total. The van der Waals surface area contributed by atoms with Gasteiger partial charge < -0.3 is 20.1 Å². The minimum absolute atomic E-state index is 0.0510. The molecule has 1 heterocycles. The number of aryl methyl sites for hydroxylation is 1. The Morgan fingerprint density at radius 2 is 1.52 bits per heavy atom. The van der Waals surface area contributed by atoms with Crippen LogP contribution in [0.5, 0.6) is 11.5 Å². The molecule has 3 aromatic rings. The van der Waals surface area contributed by atoms with Gasteiger partial charge in [-0.2, -0.15) is 0 Å². The molecule has 0 spiro atoms. The van der Waals surface area contributed by atoms with Gasteiger partial charge in [0.25, 0.3) is 11.8 Å². The number of amides is 2. The van der Waals surface area contributed by atoms with E-state index in [1.165, 1.54) is 6.92 Å². The molecule has 0 saturated heterocycles. The standard InChI is InChI=1S/C26H22N2O5/c1-16-3-6-20(7-4-16)25(30)28-22(13-18-5-12-23-24(14-18)33-15-32-23)26(31)27-21-10-8-19(9-11-21)17(2)29/h3-14H,15H2,1-2H3,(H,27,31)(H,28,30). The van der Waals surface area contributed by atoms with E-state index in [2.05, 4.69) is 10.6 Å². The van der Waals surface area contributed by atoms with Crippen LogP contribution in [0.4, 0.5) is 5.69 Å². The Bertz CT molecular complexity index is 1240. The Morgan fingerprint density at radius 1 is 0.848 bits per heavy atom. The molecular formula is C26H22N2O5. The van der Waals surface area contributed by atoms with Crippen molar-refractivity contribution in [3.05, 3.63) is 94.7 Å². The third kappa shape index (κ3) is 5.27. The van der Waals surface area contributed by atoms with Crippen LogP contribution in [-0.2, 0) is 4.79 Å². The SMILES string of the molecule is CC(=O)c1ccc(NC(=O)C(=Cc2ccc3c(c2)OCO3)NC(=O)c2ccc(C)cc2)cc1. The molecule has 7 nitrogen and oxygen atoms in total. The predicted octanol–water partition coefficient (Wildman–Crippen LogP) is 4.34. The molecule has 0 aromatic heterocycles. The van der Waals surface area contributed by atoms with E-state index in [9.17, 15) is 14.4 Å². The van der Waals surface area contributed by atoms with Gasteiger partial charge in [0.05, 0.1) is 0 Å². The topological polar surface area (TPSA) is 93.7 Å². The molecule has 0 radical (unpaired) electrons. The van der Waals surface area contributed by atoms with Gasteiger partial charge >= 0.3 is 0 Å². The Balaban J connectivity index is 1.61. The first kappa shape index (κ1) is 21.8. The molecule has 0 aliphatic carbocycles. The van der Waals surface area contributed by atoms with Crippen LogP contribution in [0.25, 0.3) is 6.08 Å². The summed E-state index contributed by atoms with van der Waals surface area (Å²) in [6, 6.07) is 18.8. The van der Waals surface area contributed by atoms with Crippen LogP contribution in [-0.4, -0.2) is 24.4 Å². The number of Topliss-reactive ketones (excluding diaryl/α,β-unsaturated/α-hetero) is 1. The molecule has 0 atom stereocenters. The molecule has 33 heavy (non-hydrogen) atoms. The number of rotatable bonds is 6. The van der Waals surface area contributed by atoms with E-state index in [1.54, 1.807) is 60.7 Å².